The Morgan fingerprint density at radius 1 is 1.23 bits per heavy atom. The zero-order valence-electron chi connectivity index (χ0n) is 13.9. The summed E-state index contributed by atoms with van der Waals surface area (Å²) in [5.74, 6) is -0.379. The molecule has 0 atom stereocenters. The summed E-state index contributed by atoms with van der Waals surface area (Å²) in [5.41, 5.74) is -0.580. The van der Waals surface area contributed by atoms with Gasteiger partial charge in [-0.05, 0) is 71.3 Å². The van der Waals surface area contributed by atoms with Crippen molar-refractivity contribution in [3.8, 4) is 0 Å². The van der Waals surface area contributed by atoms with Crippen molar-refractivity contribution in [3.05, 3.63) is 11.3 Å². The van der Waals surface area contributed by atoms with Gasteiger partial charge in [0.1, 0.15) is 5.73 Å². The van der Waals surface area contributed by atoms with Gasteiger partial charge in [-0.1, -0.05) is 0 Å². The number of carbonyl (C=O) groups is 1. The number of carboxylic acid groups (broad SMARTS) is 1. The van der Waals surface area contributed by atoms with Crippen LogP contribution in [0.2, 0.25) is 0 Å². The summed E-state index contributed by atoms with van der Waals surface area (Å²) in [6, 6.07) is 0. The van der Waals surface area contributed by atoms with Gasteiger partial charge in [0.25, 0.3) is 0 Å². The number of rotatable bonds is 4. The highest BCUT2D eigenvalue weighted by molar-refractivity contribution is 6.53. The lowest BCUT2D eigenvalue weighted by atomic mass is 9.76. The summed E-state index contributed by atoms with van der Waals surface area (Å²) in [7, 11) is -0.907. The molecular weight excluding hydrogens is 286 g/mol. The van der Waals surface area contributed by atoms with Crippen molar-refractivity contribution in [1.29, 1.82) is 0 Å². The summed E-state index contributed by atoms with van der Waals surface area (Å²) < 4.78 is 26.2. The molecule has 1 heterocycles. The Hall–Kier alpha value is -0.875. The minimum atomic E-state index is -0.907. The van der Waals surface area contributed by atoms with Gasteiger partial charge in [-0.15, -0.1) is 0 Å². The Morgan fingerprint density at radius 3 is 2.18 bits per heavy atom. The Kier molecular flexibility index (Phi) is 5.02. The monoisotopic (exact) mass is 312 g/mol. The van der Waals surface area contributed by atoms with Crippen LogP contribution in [0.25, 0.3) is 0 Å². The van der Waals surface area contributed by atoms with Crippen molar-refractivity contribution < 1.29 is 23.6 Å². The average Bonchev–Trinajstić information content (AvgIpc) is 2.65. The van der Waals surface area contributed by atoms with Crippen LogP contribution in [-0.2, 0) is 14.1 Å². The lowest BCUT2D eigenvalue weighted by molar-refractivity contribution is -0.137. The first-order chi connectivity index (χ1) is 10.1. The second-order valence-corrected chi connectivity index (χ2v) is 7.42. The van der Waals surface area contributed by atoms with Crippen molar-refractivity contribution >= 4 is 13.1 Å². The lowest BCUT2D eigenvalue weighted by Gasteiger charge is -2.32. The number of aliphatic carboxylic acids is 1. The van der Waals surface area contributed by atoms with Crippen molar-refractivity contribution in [2.75, 3.05) is 0 Å². The minimum Gasteiger partial charge on any atom is -0.481 e. The molecule has 22 heavy (non-hydrogen) atoms. The third-order valence-electron chi connectivity index (χ3n) is 5.27. The molecule has 0 amide bonds. The summed E-state index contributed by atoms with van der Waals surface area (Å²) in [6.45, 7) is 7.64. The van der Waals surface area contributed by atoms with E-state index in [-0.39, 0.29) is 12.1 Å². The Morgan fingerprint density at radius 2 is 1.73 bits per heavy atom. The quantitative estimate of drug-likeness (QED) is 0.800. The van der Waals surface area contributed by atoms with Crippen molar-refractivity contribution in [1.82, 2.24) is 0 Å². The zero-order valence-corrected chi connectivity index (χ0v) is 13.9. The van der Waals surface area contributed by atoms with E-state index in [1.54, 1.807) is 0 Å². The molecule has 124 valence electrons. The number of carboxylic acids is 1. The topological polar surface area (TPSA) is 55.8 Å². The molecule has 2 rings (SSSR count). The molecular formula is C16H26BFO4. The van der Waals surface area contributed by atoms with E-state index in [4.69, 9.17) is 14.4 Å². The van der Waals surface area contributed by atoms with E-state index >= 15 is 0 Å². The van der Waals surface area contributed by atoms with Crippen LogP contribution in [-0.4, -0.2) is 29.4 Å². The smallest absolute Gasteiger partial charge is 0.481 e. The zero-order chi connectivity index (χ0) is 16.5. The largest absolute Gasteiger partial charge is 0.525 e. The van der Waals surface area contributed by atoms with Gasteiger partial charge in [0, 0.05) is 6.42 Å². The van der Waals surface area contributed by atoms with E-state index < -0.39 is 24.3 Å². The fourth-order valence-electron chi connectivity index (χ4n) is 2.99. The normalized spacial score (nSPS) is 27.0. The standard InChI is InChI=1S/C16H26BFO4/c1-15(2)16(3,4)22-17(21-15)14(18)12-8-5-11(6-9-12)7-10-13(19)20/h11H,5-10H2,1-4H3,(H,19,20). The van der Waals surface area contributed by atoms with Crippen molar-refractivity contribution in [3.63, 3.8) is 0 Å². The highest BCUT2D eigenvalue weighted by Crippen LogP contribution is 2.41. The van der Waals surface area contributed by atoms with Gasteiger partial charge in [-0.25, -0.2) is 4.39 Å². The average molecular weight is 312 g/mol. The molecule has 1 N–H and O–H groups in total. The van der Waals surface area contributed by atoms with Crippen LogP contribution in [0.1, 0.15) is 66.2 Å². The minimum absolute atomic E-state index is 0.198. The van der Waals surface area contributed by atoms with Crippen LogP contribution < -0.4 is 0 Å². The number of hydrogen-bond donors (Lipinski definition) is 1. The van der Waals surface area contributed by atoms with Crippen LogP contribution in [0, 0.1) is 5.92 Å². The summed E-state index contributed by atoms with van der Waals surface area (Å²) >= 11 is 0. The Bertz CT molecular complexity index is 447. The molecule has 0 aromatic heterocycles. The van der Waals surface area contributed by atoms with Crippen LogP contribution in [0.15, 0.2) is 11.3 Å². The molecule has 0 aromatic carbocycles. The molecule has 1 aliphatic carbocycles. The van der Waals surface area contributed by atoms with E-state index in [1.165, 1.54) is 0 Å². The molecule has 4 nitrogen and oxygen atoms in total. The van der Waals surface area contributed by atoms with Gasteiger partial charge in [-0.3, -0.25) is 4.79 Å². The van der Waals surface area contributed by atoms with Gasteiger partial charge < -0.3 is 14.4 Å². The highest BCUT2D eigenvalue weighted by Gasteiger charge is 2.53. The molecule has 1 aliphatic heterocycles. The number of halogens is 1. The van der Waals surface area contributed by atoms with Crippen molar-refractivity contribution in [2.24, 2.45) is 5.92 Å². The third kappa shape index (κ3) is 3.71. The van der Waals surface area contributed by atoms with Gasteiger partial charge in [-0.2, -0.15) is 0 Å². The maximum atomic E-state index is 14.7. The molecule has 6 heteroatoms. The number of allylic oxidation sites excluding steroid dienone is 1. The fraction of sp³-hybridized carbons (Fsp3) is 0.812. The first-order valence-electron chi connectivity index (χ1n) is 8.07. The predicted octanol–water partition coefficient (Wildman–Crippen LogP) is 3.90. The molecule has 0 spiro atoms. The van der Waals surface area contributed by atoms with Crippen LogP contribution >= 0.6 is 0 Å². The highest BCUT2D eigenvalue weighted by atomic mass is 19.1. The van der Waals surface area contributed by atoms with Gasteiger partial charge >= 0.3 is 13.1 Å². The molecule has 1 saturated heterocycles. The molecule has 0 aromatic rings. The second kappa shape index (κ2) is 6.32. The summed E-state index contributed by atoms with van der Waals surface area (Å²) in [4.78, 5) is 10.6. The Balaban J connectivity index is 1.95. The van der Waals surface area contributed by atoms with Crippen LogP contribution in [0.4, 0.5) is 4.39 Å². The lowest BCUT2D eigenvalue weighted by Crippen LogP contribution is -2.41. The fourth-order valence-corrected chi connectivity index (χ4v) is 2.99. The number of hydrogen-bond acceptors (Lipinski definition) is 3. The SMILES string of the molecule is CC1(C)OB(C(F)=C2CCC(CCC(=O)O)CC2)OC1(C)C. The van der Waals surface area contributed by atoms with Gasteiger partial charge in [0.15, 0.2) is 0 Å². The maximum Gasteiger partial charge on any atom is 0.525 e. The van der Waals surface area contributed by atoms with Crippen LogP contribution in [0.5, 0.6) is 0 Å². The molecule has 0 radical (unpaired) electrons. The predicted molar refractivity (Wildman–Crippen MR) is 83.0 cm³/mol. The molecule has 1 saturated carbocycles. The van der Waals surface area contributed by atoms with E-state index in [2.05, 4.69) is 0 Å². The van der Waals surface area contributed by atoms with E-state index in [0.29, 0.717) is 25.2 Å². The first-order valence-corrected chi connectivity index (χ1v) is 8.07. The second-order valence-electron chi connectivity index (χ2n) is 7.42. The molecule has 2 fully saturated rings. The van der Waals surface area contributed by atoms with Gasteiger partial charge in [0.05, 0.1) is 11.2 Å². The third-order valence-corrected chi connectivity index (χ3v) is 5.27. The first kappa shape index (κ1) is 17.5. The maximum absolute atomic E-state index is 14.7. The van der Waals surface area contributed by atoms with Crippen LogP contribution in [0.3, 0.4) is 0 Å². The summed E-state index contributed by atoms with van der Waals surface area (Å²) in [6.07, 6.45) is 3.90. The van der Waals surface area contributed by atoms with E-state index in [9.17, 15) is 9.18 Å². The van der Waals surface area contributed by atoms with Gasteiger partial charge in [0.2, 0.25) is 0 Å². The van der Waals surface area contributed by atoms with E-state index in [0.717, 1.165) is 18.4 Å². The molecule has 0 bridgehead atoms. The van der Waals surface area contributed by atoms with Crippen molar-refractivity contribution in [2.45, 2.75) is 77.4 Å². The Labute approximate surface area is 132 Å². The molecule has 0 unspecified atom stereocenters. The molecule has 2 aliphatic rings. The van der Waals surface area contributed by atoms with E-state index in [1.807, 2.05) is 27.7 Å². The summed E-state index contributed by atoms with van der Waals surface area (Å²) in [5, 5.41) is 8.72.